The highest BCUT2D eigenvalue weighted by atomic mass is 35.5. The fraction of sp³-hybridized carbons (Fsp3) is 0.316. The van der Waals surface area contributed by atoms with Crippen LogP contribution in [0.25, 0.3) is 0 Å². The quantitative estimate of drug-likeness (QED) is 0.735. The number of amides is 1. The molecular formula is C19H25Cl2N3O. The number of aryl methyl sites for hydroxylation is 1. The Bertz CT molecular complexity index is 665. The molecule has 0 aliphatic heterocycles. The van der Waals surface area contributed by atoms with Gasteiger partial charge < -0.3 is 11.1 Å². The Morgan fingerprint density at radius 1 is 1.16 bits per heavy atom. The van der Waals surface area contributed by atoms with Crippen molar-refractivity contribution in [2.75, 3.05) is 31.5 Å². The summed E-state index contributed by atoms with van der Waals surface area (Å²) in [5.74, 6) is -0.0399. The van der Waals surface area contributed by atoms with Crippen molar-refractivity contribution in [3.8, 4) is 0 Å². The van der Waals surface area contributed by atoms with Crippen molar-refractivity contribution >= 4 is 35.6 Å². The van der Waals surface area contributed by atoms with E-state index in [1.54, 1.807) is 6.07 Å². The maximum atomic E-state index is 12.3. The van der Waals surface area contributed by atoms with E-state index >= 15 is 0 Å². The van der Waals surface area contributed by atoms with Crippen LogP contribution in [-0.4, -0.2) is 37.0 Å². The monoisotopic (exact) mass is 381 g/mol. The van der Waals surface area contributed by atoms with Crippen molar-refractivity contribution in [3.05, 3.63) is 64.7 Å². The highest BCUT2D eigenvalue weighted by molar-refractivity contribution is 6.30. The second-order valence-electron chi connectivity index (χ2n) is 5.81. The number of benzene rings is 2. The third kappa shape index (κ3) is 7.45. The van der Waals surface area contributed by atoms with Gasteiger partial charge in [-0.2, -0.15) is 0 Å². The molecule has 0 saturated heterocycles. The van der Waals surface area contributed by atoms with E-state index in [9.17, 15) is 4.79 Å². The molecular weight excluding hydrogens is 357 g/mol. The van der Waals surface area contributed by atoms with E-state index in [0.717, 1.165) is 24.2 Å². The first-order valence-electron chi connectivity index (χ1n) is 8.11. The molecule has 0 bridgehead atoms. The fourth-order valence-corrected chi connectivity index (χ4v) is 2.77. The minimum absolute atomic E-state index is 0. The molecule has 0 atom stereocenters. The second kappa shape index (κ2) is 11.1. The molecule has 0 saturated carbocycles. The summed E-state index contributed by atoms with van der Waals surface area (Å²) in [6, 6.07) is 15.7. The zero-order valence-corrected chi connectivity index (χ0v) is 15.9. The Hall–Kier alpha value is -1.59. The SMILES string of the molecule is Cc1cc(Cl)ccc1NC(=O)CN(CCN)CCc1ccccc1.Cl. The van der Waals surface area contributed by atoms with Gasteiger partial charge in [-0.05, 0) is 42.7 Å². The topological polar surface area (TPSA) is 58.4 Å². The first kappa shape index (κ1) is 21.5. The Kier molecular flexibility index (Phi) is 9.53. The maximum absolute atomic E-state index is 12.3. The molecule has 2 aromatic rings. The first-order valence-corrected chi connectivity index (χ1v) is 8.48. The molecule has 0 aliphatic rings. The number of rotatable bonds is 8. The first-order chi connectivity index (χ1) is 11.6. The zero-order valence-electron chi connectivity index (χ0n) is 14.4. The van der Waals surface area contributed by atoms with Gasteiger partial charge in [0.15, 0.2) is 0 Å². The zero-order chi connectivity index (χ0) is 17.4. The summed E-state index contributed by atoms with van der Waals surface area (Å²) < 4.78 is 0. The largest absolute Gasteiger partial charge is 0.329 e. The van der Waals surface area contributed by atoms with Gasteiger partial charge in [0.1, 0.15) is 0 Å². The van der Waals surface area contributed by atoms with Gasteiger partial charge in [-0.25, -0.2) is 0 Å². The van der Waals surface area contributed by atoms with Gasteiger partial charge in [-0.15, -0.1) is 12.4 Å². The smallest absolute Gasteiger partial charge is 0.238 e. The Morgan fingerprint density at radius 2 is 1.88 bits per heavy atom. The van der Waals surface area contributed by atoms with Crippen LogP contribution in [0.3, 0.4) is 0 Å². The van der Waals surface area contributed by atoms with Gasteiger partial charge in [-0.3, -0.25) is 9.69 Å². The summed E-state index contributed by atoms with van der Waals surface area (Å²) in [5, 5.41) is 3.61. The molecule has 0 unspecified atom stereocenters. The molecule has 0 radical (unpaired) electrons. The Labute approximate surface area is 160 Å². The van der Waals surface area contributed by atoms with Crippen molar-refractivity contribution in [1.29, 1.82) is 0 Å². The molecule has 3 N–H and O–H groups in total. The lowest BCUT2D eigenvalue weighted by atomic mass is 10.1. The average molecular weight is 382 g/mol. The van der Waals surface area contributed by atoms with E-state index in [2.05, 4.69) is 22.3 Å². The summed E-state index contributed by atoms with van der Waals surface area (Å²) in [4.78, 5) is 14.4. The molecule has 6 heteroatoms. The lowest BCUT2D eigenvalue weighted by Gasteiger charge is -2.21. The molecule has 136 valence electrons. The van der Waals surface area contributed by atoms with Crippen LogP contribution < -0.4 is 11.1 Å². The molecule has 25 heavy (non-hydrogen) atoms. The third-order valence-corrected chi connectivity index (χ3v) is 4.07. The summed E-state index contributed by atoms with van der Waals surface area (Å²) in [7, 11) is 0. The van der Waals surface area contributed by atoms with E-state index < -0.39 is 0 Å². The summed E-state index contributed by atoms with van der Waals surface area (Å²) in [6.07, 6.45) is 0.897. The number of nitrogens with zero attached hydrogens (tertiary/aromatic N) is 1. The molecule has 0 spiro atoms. The lowest BCUT2D eigenvalue weighted by molar-refractivity contribution is -0.117. The van der Waals surface area contributed by atoms with Crippen molar-refractivity contribution in [1.82, 2.24) is 4.90 Å². The number of hydrogen-bond acceptors (Lipinski definition) is 3. The molecule has 0 aliphatic carbocycles. The fourth-order valence-electron chi connectivity index (χ4n) is 2.54. The average Bonchev–Trinajstić information content (AvgIpc) is 2.56. The van der Waals surface area contributed by atoms with Gasteiger partial charge in [0.2, 0.25) is 5.91 Å². The predicted molar refractivity (Wildman–Crippen MR) is 108 cm³/mol. The van der Waals surface area contributed by atoms with E-state index in [4.69, 9.17) is 17.3 Å². The summed E-state index contributed by atoms with van der Waals surface area (Å²) in [6.45, 7) is 4.27. The number of halogens is 2. The predicted octanol–water partition coefficient (Wildman–Crippen LogP) is 3.51. The number of anilines is 1. The normalized spacial score (nSPS) is 10.4. The van der Waals surface area contributed by atoms with Crippen LogP contribution in [0.2, 0.25) is 5.02 Å². The number of carbonyl (C=O) groups is 1. The standard InChI is InChI=1S/C19H24ClN3O.ClH/c1-15-13-17(20)7-8-18(15)22-19(24)14-23(12-10-21)11-9-16-5-3-2-4-6-16;/h2-8,13H,9-12,14,21H2,1H3,(H,22,24);1H. The van der Waals surface area contributed by atoms with Crippen LogP contribution in [0, 0.1) is 6.92 Å². The number of hydrogen-bond donors (Lipinski definition) is 2. The van der Waals surface area contributed by atoms with Gasteiger partial charge in [0.05, 0.1) is 6.54 Å². The van der Waals surface area contributed by atoms with Gasteiger partial charge in [0, 0.05) is 30.3 Å². The van der Waals surface area contributed by atoms with Crippen molar-refractivity contribution in [3.63, 3.8) is 0 Å². The molecule has 0 heterocycles. The Morgan fingerprint density at radius 3 is 2.52 bits per heavy atom. The number of carbonyl (C=O) groups excluding carboxylic acids is 1. The molecule has 0 aromatic heterocycles. The van der Waals surface area contributed by atoms with Crippen molar-refractivity contribution in [2.45, 2.75) is 13.3 Å². The molecule has 1 amide bonds. The van der Waals surface area contributed by atoms with E-state index in [1.807, 2.05) is 37.3 Å². The Balaban J connectivity index is 0.00000312. The van der Waals surface area contributed by atoms with Crippen molar-refractivity contribution < 1.29 is 4.79 Å². The van der Waals surface area contributed by atoms with E-state index in [1.165, 1.54) is 5.56 Å². The lowest BCUT2D eigenvalue weighted by Crippen LogP contribution is -2.38. The van der Waals surface area contributed by atoms with E-state index in [0.29, 0.717) is 24.7 Å². The minimum atomic E-state index is -0.0399. The van der Waals surface area contributed by atoms with Gasteiger partial charge in [0.25, 0.3) is 0 Å². The minimum Gasteiger partial charge on any atom is -0.329 e. The van der Waals surface area contributed by atoms with Crippen LogP contribution in [0.15, 0.2) is 48.5 Å². The van der Waals surface area contributed by atoms with Crippen LogP contribution in [0.5, 0.6) is 0 Å². The molecule has 0 fully saturated rings. The second-order valence-corrected chi connectivity index (χ2v) is 6.24. The van der Waals surface area contributed by atoms with Crippen molar-refractivity contribution in [2.24, 2.45) is 5.73 Å². The van der Waals surface area contributed by atoms with Crippen LogP contribution in [0.4, 0.5) is 5.69 Å². The van der Waals surface area contributed by atoms with Gasteiger partial charge >= 0.3 is 0 Å². The van der Waals surface area contributed by atoms with Gasteiger partial charge in [-0.1, -0.05) is 41.9 Å². The number of nitrogens with one attached hydrogen (secondary N) is 1. The van der Waals surface area contributed by atoms with Crippen LogP contribution >= 0.6 is 24.0 Å². The van der Waals surface area contributed by atoms with Crippen LogP contribution in [-0.2, 0) is 11.2 Å². The summed E-state index contributed by atoms with van der Waals surface area (Å²) in [5.41, 5.74) is 8.68. The van der Waals surface area contributed by atoms with Crippen LogP contribution in [0.1, 0.15) is 11.1 Å². The molecule has 4 nitrogen and oxygen atoms in total. The highest BCUT2D eigenvalue weighted by Crippen LogP contribution is 2.19. The highest BCUT2D eigenvalue weighted by Gasteiger charge is 2.11. The maximum Gasteiger partial charge on any atom is 0.238 e. The number of nitrogens with two attached hydrogens (primary N) is 1. The third-order valence-electron chi connectivity index (χ3n) is 3.83. The summed E-state index contributed by atoms with van der Waals surface area (Å²) >= 11 is 5.94. The molecule has 2 rings (SSSR count). The molecule has 2 aromatic carbocycles. The van der Waals surface area contributed by atoms with E-state index in [-0.39, 0.29) is 18.3 Å².